The van der Waals surface area contributed by atoms with Crippen molar-refractivity contribution in [2.24, 2.45) is 0 Å². The molecule has 140 valence electrons. The highest BCUT2D eigenvalue weighted by Gasteiger charge is 2.33. The van der Waals surface area contributed by atoms with Crippen LogP contribution >= 0.6 is 0 Å². The van der Waals surface area contributed by atoms with Gasteiger partial charge in [0.15, 0.2) is 0 Å². The number of nitrogens with zero attached hydrogens (tertiary/aromatic N) is 4. The highest BCUT2D eigenvalue weighted by Crippen LogP contribution is 2.33. The third kappa shape index (κ3) is 4.74. The summed E-state index contributed by atoms with van der Waals surface area (Å²) in [5.41, 5.74) is -0.769. The summed E-state index contributed by atoms with van der Waals surface area (Å²) in [4.78, 5) is 14.5. The zero-order valence-electron chi connectivity index (χ0n) is 14.3. The van der Waals surface area contributed by atoms with Gasteiger partial charge in [0.1, 0.15) is 23.8 Å². The van der Waals surface area contributed by atoms with E-state index in [0.717, 1.165) is 37.8 Å². The molecule has 0 saturated carbocycles. The largest absolute Gasteiger partial charge is 0.419 e. The zero-order valence-corrected chi connectivity index (χ0v) is 14.3. The molecule has 0 spiro atoms. The van der Waals surface area contributed by atoms with Gasteiger partial charge in [-0.05, 0) is 31.4 Å². The molecule has 0 aliphatic carbocycles. The van der Waals surface area contributed by atoms with E-state index in [2.05, 4.69) is 30.5 Å². The van der Waals surface area contributed by atoms with Crippen LogP contribution in [0.4, 0.5) is 30.6 Å². The summed E-state index contributed by atoms with van der Waals surface area (Å²) in [6, 6.07) is 4.15. The quantitative estimate of drug-likeness (QED) is 0.764. The number of hydrogen-bond donors (Lipinski definition) is 2. The van der Waals surface area contributed by atoms with E-state index >= 15 is 0 Å². The molecule has 2 aromatic heterocycles. The molecule has 0 atom stereocenters. The smallest absolute Gasteiger partial charge is 0.368 e. The van der Waals surface area contributed by atoms with E-state index in [1.54, 1.807) is 0 Å². The average molecular weight is 366 g/mol. The van der Waals surface area contributed by atoms with Crippen LogP contribution in [0.2, 0.25) is 0 Å². The minimum absolute atomic E-state index is 0.168. The van der Waals surface area contributed by atoms with Crippen LogP contribution in [0.25, 0.3) is 0 Å². The van der Waals surface area contributed by atoms with Gasteiger partial charge in [-0.3, -0.25) is 0 Å². The number of hydrogen-bond acceptors (Lipinski definition) is 6. The first kappa shape index (κ1) is 18.2. The average Bonchev–Trinajstić information content (AvgIpc) is 2.66. The molecular weight excluding hydrogens is 345 g/mol. The number of piperidine rings is 1. The first-order valence-corrected chi connectivity index (χ1v) is 8.61. The van der Waals surface area contributed by atoms with Gasteiger partial charge in [0, 0.05) is 38.4 Å². The predicted molar refractivity (Wildman–Crippen MR) is 94.3 cm³/mol. The van der Waals surface area contributed by atoms with E-state index < -0.39 is 11.7 Å². The molecule has 0 aromatic carbocycles. The number of rotatable bonds is 6. The number of alkyl halides is 3. The van der Waals surface area contributed by atoms with Crippen molar-refractivity contribution in [3.05, 3.63) is 36.3 Å². The summed E-state index contributed by atoms with van der Waals surface area (Å²) >= 11 is 0. The van der Waals surface area contributed by atoms with Gasteiger partial charge in [0.05, 0.1) is 5.56 Å². The van der Waals surface area contributed by atoms with E-state index in [-0.39, 0.29) is 12.4 Å². The molecule has 26 heavy (non-hydrogen) atoms. The fourth-order valence-electron chi connectivity index (χ4n) is 2.89. The molecule has 1 fully saturated rings. The Labute approximate surface area is 149 Å². The number of nitrogens with one attached hydrogen (secondary N) is 2. The van der Waals surface area contributed by atoms with Crippen molar-refractivity contribution in [3.8, 4) is 0 Å². The predicted octanol–water partition coefficient (Wildman–Crippen LogP) is 3.40. The lowest BCUT2D eigenvalue weighted by atomic mass is 10.1. The Morgan fingerprint density at radius 2 is 1.77 bits per heavy atom. The first-order valence-electron chi connectivity index (χ1n) is 8.61. The maximum absolute atomic E-state index is 12.9. The molecule has 2 aromatic rings. The third-order valence-electron chi connectivity index (χ3n) is 4.17. The van der Waals surface area contributed by atoms with E-state index in [9.17, 15) is 13.2 Å². The van der Waals surface area contributed by atoms with Gasteiger partial charge in [0.25, 0.3) is 0 Å². The van der Waals surface area contributed by atoms with Gasteiger partial charge >= 0.3 is 6.18 Å². The van der Waals surface area contributed by atoms with Gasteiger partial charge in [-0.1, -0.05) is 0 Å². The monoisotopic (exact) mass is 366 g/mol. The highest BCUT2D eigenvalue weighted by molar-refractivity contribution is 5.49. The molecule has 2 N–H and O–H groups in total. The Morgan fingerprint density at radius 1 is 1.00 bits per heavy atom. The molecule has 3 heterocycles. The summed E-state index contributed by atoms with van der Waals surface area (Å²) in [5, 5.41) is 5.82. The van der Waals surface area contributed by atoms with Crippen molar-refractivity contribution in [1.29, 1.82) is 0 Å². The van der Waals surface area contributed by atoms with Crippen LogP contribution in [0.3, 0.4) is 0 Å². The topological polar surface area (TPSA) is 66.0 Å². The van der Waals surface area contributed by atoms with Crippen molar-refractivity contribution >= 4 is 17.5 Å². The summed E-state index contributed by atoms with van der Waals surface area (Å²) in [6.45, 7) is 2.66. The van der Waals surface area contributed by atoms with Crippen LogP contribution in [0, 0.1) is 0 Å². The van der Waals surface area contributed by atoms with E-state index in [1.165, 1.54) is 25.0 Å². The van der Waals surface area contributed by atoms with Gasteiger partial charge in [-0.25, -0.2) is 15.0 Å². The van der Waals surface area contributed by atoms with Crippen LogP contribution in [0.1, 0.15) is 24.8 Å². The number of pyridine rings is 1. The molecule has 1 aliphatic heterocycles. The molecule has 0 bridgehead atoms. The van der Waals surface area contributed by atoms with E-state index in [1.807, 2.05) is 6.07 Å². The van der Waals surface area contributed by atoms with Gasteiger partial charge in [-0.15, -0.1) is 0 Å². The first-order chi connectivity index (χ1) is 12.5. The molecular formula is C17H21F3N6. The van der Waals surface area contributed by atoms with Crippen molar-refractivity contribution < 1.29 is 13.2 Å². The van der Waals surface area contributed by atoms with Crippen LogP contribution in [-0.2, 0) is 6.18 Å². The Balaban J connectivity index is 1.53. The number of anilines is 3. The molecule has 1 saturated heterocycles. The fourth-order valence-corrected chi connectivity index (χ4v) is 2.89. The highest BCUT2D eigenvalue weighted by atomic mass is 19.4. The van der Waals surface area contributed by atoms with Crippen LogP contribution in [0.5, 0.6) is 0 Å². The minimum atomic E-state index is -4.43. The van der Waals surface area contributed by atoms with Crippen molar-refractivity contribution in [2.75, 3.05) is 41.7 Å². The van der Waals surface area contributed by atoms with Crippen molar-refractivity contribution in [3.63, 3.8) is 0 Å². The summed E-state index contributed by atoms with van der Waals surface area (Å²) in [6.07, 6.45) is 1.96. The Kier molecular flexibility index (Phi) is 5.75. The van der Waals surface area contributed by atoms with Crippen LogP contribution in [0.15, 0.2) is 30.7 Å². The summed E-state index contributed by atoms with van der Waals surface area (Å²) in [7, 11) is 0. The molecule has 6 nitrogen and oxygen atoms in total. The van der Waals surface area contributed by atoms with Crippen LogP contribution in [-0.4, -0.2) is 41.1 Å². The lowest BCUT2D eigenvalue weighted by molar-refractivity contribution is -0.137. The molecule has 9 heteroatoms. The standard InChI is InChI=1S/C17H21F3N6/c18-17(19,20)13-5-4-6-22-16(13)23-8-7-21-14-11-15(25-12-24-14)26-9-2-1-3-10-26/h4-6,11-12H,1-3,7-10H2,(H,22,23)(H,21,24,25). The second kappa shape index (κ2) is 8.20. The maximum Gasteiger partial charge on any atom is 0.419 e. The molecule has 0 amide bonds. The Bertz CT molecular complexity index is 716. The van der Waals surface area contributed by atoms with E-state index in [4.69, 9.17) is 0 Å². The number of halogens is 3. The Morgan fingerprint density at radius 3 is 2.54 bits per heavy atom. The second-order valence-electron chi connectivity index (χ2n) is 6.06. The maximum atomic E-state index is 12.9. The zero-order chi connectivity index (χ0) is 18.4. The van der Waals surface area contributed by atoms with Crippen LogP contribution < -0.4 is 15.5 Å². The summed E-state index contributed by atoms with van der Waals surface area (Å²) < 4.78 is 38.8. The summed E-state index contributed by atoms with van der Waals surface area (Å²) in [5.74, 6) is 1.36. The molecule has 3 rings (SSSR count). The lowest BCUT2D eigenvalue weighted by Crippen LogP contribution is -2.30. The van der Waals surface area contributed by atoms with Gasteiger partial charge < -0.3 is 15.5 Å². The Hall–Kier alpha value is -2.58. The van der Waals surface area contributed by atoms with Crippen molar-refractivity contribution in [1.82, 2.24) is 15.0 Å². The number of aromatic nitrogens is 3. The van der Waals surface area contributed by atoms with Gasteiger partial charge in [0.2, 0.25) is 0 Å². The van der Waals surface area contributed by atoms with E-state index in [0.29, 0.717) is 12.4 Å². The lowest BCUT2D eigenvalue weighted by Gasteiger charge is -2.27. The SMILES string of the molecule is FC(F)(F)c1cccnc1NCCNc1cc(N2CCCCC2)ncn1. The third-order valence-corrected chi connectivity index (χ3v) is 4.17. The molecule has 0 radical (unpaired) electrons. The molecule has 0 unspecified atom stereocenters. The van der Waals surface area contributed by atoms with Crippen molar-refractivity contribution in [2.45, 2.75) is 25.4 Å². The fraction of sp³-hybridized carbons (Fsp3) is 0.471. The second-order valence-corrected chi connectivity index (χ2v) is 6.06. The minimum Gasteiger partial charge on any atom is -0.368 e. The molecule has 1 aliphatic rings. The normalized spacial score (nSPS) is 15.0. The van der Waals surface area contributed by atoms with Gasteiger partial charge in [-0.2, -0.15) is 13.2 Å².